The molecule has 19 heavy (non-hydrogen) atoms. The number of hydrogen-bond donors (Lipinski definition) is 2. The van der Waals surface area contributed by atoms with Crippen LogP contribution in [0, 0.1) is 17.7 Å². The van der Waals surface area contributed by atoms with E-state index in [1.165, 1.54) is 24.1 Å². The van der Waals surface area contributed by atoms with Gasteiger partial charge in [-0.25, -0.2) is 4.39 Å². The minimum Gasteiger partial charge on any atom is -0.394 e. The fourth-order valence-electron chi connectivity index (χ4n) is 1.42. The lowest BCUT2D eigenvalue weighted by Gasteiger charge is -2.23. The molecule has 1 amide bonds. The summed E-state index contributed by atoms with van der Waals surface area (Å²) in [4.78, 5) is 13.3. The quantitative estimate of drug-likeness (QED) is 0.788. The summed E-state index contributed by atoms with van der Waals surface area (Å²) < 4.78 is 13.8. The molecule has 4 nitrogen and oxygen atoms in total. The average molecular weight is 265 g/mol. The van der Waals surface area contributed by atoms with Gasteiger partial charge in [-0.05, 0) is 25.1 Å². The lowest BCUT2D eigenvalue weighted by Crippen LogP contribution is -2.37. The normalized spacial score (nSPS) is 11.4. The van der Waals surface area contributed by atoms with Gasteiger partial charge in [0.15, 0.2) is 0 Å². The van der Waals surface area contributed by atoms with E-state index in [1.807, 2.05) is 0 Å². The van der Waals surface area contributed by atoms with Crippen LogP contribution in [0.15, 0.2) is 18.2 Å². The molecule has 0 saturated heterocycles. The Kier molecular flexibility index (Phi) is 5.49. The molecule has 102 valence electrons. The molecular weight excluding hydrogens is 249 g/mol. The number of halogens is 1. The molecular formula is C14H16FNO3. The summed E-state index contributed by atoms with van der Waals surface area (Å²) in [6, 6.07) is 3.62. The summed E-state index contributed by atoms with van der Waals surface area (Å²) in [6.45, 7) is 1.17. The molecule has 0 fully saturated rings. The van der Waals surface area contributed by atoms with Gasteiger partial charge in [0.05, 0.1) is 18.2 Å². The first-order chi connectivity index (χ1) is 9.01. The number of carbonyl (C=O) groups excluding carboxylic acids is 1. The second kappa shape index (κ2) is 6.88. The second-order valence-electron chi connectivity index (χ2n) is 4.10. The number of nitrogens with zero attached hydrogens (tertiary/aromatic N) is 1. The van der Waals surface area contributed by atoms with Crippen LogP contribution >= 0.6 is 0 Å². The van der Waals surface area contributed by atoms with E-state index >= 15 is 0 Å². The highest BCUT2D eigenvalue weighted by atomic mass is 19.1. The predicted octanol–water partition coefficient (Wildman–Crippen LogP) is 0.622. The van der Waals surface area contributed by atoms with Crippen molar-refractivity contribution in [2.45, 2.75) is 13.0 Å². The maximum absolute atomic E-state index is 13.8. The molecule has 1 aromatic carbocycles. The highest BCUT2D eigenvalue weighted by Crippen LogP contribution is 2.13. The van der Waals surface area contributed by atoms with E-state index in [0.717, 1.165) is 6.07 Å². The molecule has 2 N–H and O–H groups in total. The van der Waals surface area contributed by atoms with Crippen LogP contribution in [0.4, 0.5) is 4.39 Å². The molecule has 0 aliphatic rings. The molecule has 0 aliphatic heterocycles. The van der Waals surface area contributed by atoms with Crippen molar-refractivity contribution in [3.05, 3.63) is 35.1 Å². The van der Waals surface area contributed by atoms with Crippen LogP contribution in [-0.4, -0.2) is 47.3 Å². The number of hydrogen-bond acceptors (Lipinski definition) is 3. The number of amides is 1. The third-order valence-electron chi connectivity index (χ3n) is 2.76. The zero-order valence-corrected chi connectivity index (χ0v) is 10.9. The van der Waals surface area contributed by atoms with Crippen LogP contribution in [0.1, 0.15) is 22.8 Å². The average Bonchev–Trinajstić information content (AvgIpc) is 2.42. The highest BCUT2D eigenvalue weighted by Gasteiger charge is 2.19. The van der Waals surface area contributed by atoms with Crippen molar-refractivity contribution in [1.82, 2.24) is 4.90 Å². The van der Waals surface area contributed by atoms with Crippen LogP contribution in [0.5, 0.6) is 0 Å². The van der Waals surface area contributed by atoms with E-state index in [-0.39, 0.29) is 24.8 Å². The predicted molar refractivity (Wildman–Crippen MR) is 69.0 cm³/mol. The van der Waals surface area contributed by atoms with Gasteiger partial charge in [-0.15, -0.1) is 0 Å². The Morgan fingerprint density at radius 1 is 1.47 bits per heavy atom. The molecule has 1 aromatic rings. The molecule has 1 rings (SSSR count). The summed E-state index contributed by atoms with van der Waals surface area (Å²) in [5.74, 6) is 3.79. The smallest absolute Gasteiger partial charge is 0.256 e. The molecule has 1 unspecified atom stereocenters. The van der Waals surface area contributed by atoms with E-state index in [0.29, 0.717) is 5.56 Å². The fourth-order valence-corrected chi connectivity index (χ4v) is 1.42. The molecule has 0 bridgehead atoms. The Morgan fingerprint density at radius 2 is 2.16 bits per heavy atom. The molecule has 0 aliphatic carbocycles. The number of carbonyl (C=O) groups is 1. The topological polar surface area (TPSA) is 60.8 Å². The molecule has 0 spiro atoms. The minimum atomic E-state index is -0.674. The summed E-state index contributed by atoms with van der Waals surface area (Å²) >= 11 is 0. The maximum atomic E-state index is 13.8. The van der Waals surface area contributed by atoms with Gasteiger partial charge in [-0.3, -0.25) is 4.79 Å². The van der Waals surface area contributed by atoms with E-state index < -0.39 is 11.7 Å². The number of aliphatic hydroxyl groups is 2. The number of benzene rings is 1. The molecule has 5 heteroatoms. The van der Waals surface area contributed by atoms with Gasteiger partial charge < -0.3 is 15.1 Å². The molecule has 1 atom stereocenters. The van der Waals surface area contributed by atoms with Crippen LogP contribution in [0.2, 0.25) is 0 Å². The standard InChI is InChI=1S/C14H16FNO3/c1-10(9-18)16(2)14(19)12-6-5-11(4-3-7-17)8-13(12)15/h5-6,8,10,17-18H,7,9H2,1-2H3. The first kappa shape index (κ1) is 15.2. The van der Waals surface area contributed by atoms with Crippen molar-refractivity contribution in [2.75, 3.05) is 20.3 Å². The van der Waals surface area contributed by atoms with Gasteiger partial charge in [-0.1, -0.05) is 11.8 Å². The third kappa shape index (κ3) is 3.78. The fraction of sp³-hybridized carbons (Fsp3) is 0.357. The van der Waals surface area contributed by atoms with Crippen molar-refractivity contribution in [3.8, 4) is 11.8 Å². The van der Waals surface area contributed by atoms with E-state index in [1.54, 1.807) is 6.92 Å². The summed E-state index contributed by atoms with van der Waals surface area (Å²) in [5, 5.41) is 17.5. The van der Waals surface area contributed by atoms with Crippen LogP contribution < -0.4 is 0 Å². The summed E-state index contributed by atoms with van der Waals surface area (Å²) in [7, 11) is 1.50. The van der Waals surface area contributed by atoms with Crippen molar-refractivity contribution in [3.63, 3.8) is 0 Å². The van der Waals surface area contributed by atoms with Gasteiger partial charge in [-0.2, -0.15) is 0 Å². The third-order valence-corrected chi connectivity index (χ3v) is 2.76. The first-order valence-corrected chi connectivity index (χ1v) is 5.78. The minimum absolute atomic E-state index is 0.0719. The van der Waals surface area contributed by atoms with Gasteiger partial charge in [0, 0.05) is 12.6 Å². The SMILES string of the molecule is CC(CO)N(C)C(=O)c1ccc(C#CCO)cc1F. The van der Waals surface area contributed by atoms with Gasteiger partial charge in [0.2, 0.25) is 0 Å². The van der Waals surface area contributed by atoms with E-state index in [4.69, 9.17) is 10.2 Å². The largest absolute Gasteiger partial charge is 0.394 e. The Hall–Kier alpha value is -1.90. The van der Waals surface area contributed by atoms with Crippen molar-refractivity contribution in [2.24, 2.45) is 0 Å². The van der Waals surface area contributed by atoms with Gasteiger partial charge in [0.25, 0.3) is 5.91 Å². The lowest BCUT2D eigenvalue weighted by molar-refractivity contribution is 0.0677. The first-order valence-electron chi connectivity index (χ1n) is 5.78. The van der Waals surface area contributed by atoms with E-state index in [2.05, 4.69) is 11.8 Å². The summed E-state index contributed by atoms with van der Waals surface area (Å²) in [5.41, 5.74) is 0.318. The maximum Gasteiger partial charge on any atom is 0.256 e. The summed E-state index contributed by atoms with van der Waals surface area (Å²) in [6.07, 6.45) is 0. The number of rotatable bonds is 3. The molecule has 0 aromatic heterocycles. The molecule has 0 radical (unpaired) electrons. The van der Waals surface area contributed by atoms with E-state index in [9.17, 15) is 9.18 Å². The monoisotopic (exact) mass is 265 g/mol. The Balaban J connectivity index is 2.99. The molecule has 0 saturated carbocycles. The number of aliphatic hydroxyl groups excluding tert-OH is 2. The van der Waals surface area contributed by atoms with Gasteiger partial charge >= 0.3 is 0 Å². The van der Waals surface area contributed by atoms with Crippen LogP contribution in [-0.2, 0) is 0 Å². The van der Waals surface area contributed by atoms with Crippen molar-refractivity contribution in [1.29, 1.82) is 0 Å². The van der Waals surface area contributed by atoms with Crippen LogP contribution in [0.25, 0.3) is 0 Å². The molecule has 0 heterocycles. The van der Waals surface area contributed by atoms with Crippen LogP contribution in [0.3, 0.4) is 0 Å². The van der Waals surface area contributed by atoms with Gasteiger partial charge in [0.1, 0.15) is 12.4 Å². The Bertz CT molecular complexity index is 519. The zero-order chi connectivity index (χ0) is 14.4. The Morgan fingerprint density at radius 3 is 2.68 bits per heavy atom. The van der Waals surface area contributed by atoms with Crippen molar-refractivity contribution < 1.29 is 19.4 Å². The number of likely N-dealkylation sites (N-methyl/N-ethyl adjacent to an activating group) is 1. The second-order valence-corrected chi connectivity index (χ2v) is 4.10. The van der Waals surface area contributed by atoms with Crippen molar-refractivity contribution >= 4 is 5.91 Å². The zero-order valence-electron chi connectivity index (χ0n) is 10.9. The Labute approximate surface area is 111 Å². The highest BCUT2D eigenvalue weighted by molar-refractivity contribution is 5.94. The lowest BCUT2D eigenvalue weighted by atomic mass is 10.1.